The summed E-state index contributed by atoms with van der Waals surface area (Å²) in [6, 6.07) is 9.04. The van der Waals surface area contributed by atoms with E-state index >= 15 is 0 Å². The third-order valence-corrected chi connectivity index (χ3v) is 6.97. The van der Waals surface area contributed by atoms with Gasteiger partial charge in [-0.3, -0.25) is 0 Å². The fourth-order valence-corrected chi connectivity index (χ4v) is 5.29. The maximum absolute atomic E-state index is 5.87. The van der Waals surface area contributed by atoms with E-state index in [0.29, 0.717) is 0 Å². The van der Waals surface area contributed by atoms with Crippen molar-refractivity contribution in [1.82, 2.24) is 10.6 Å². The quantitative estimate of drug-likeness (QED) is 0.497. The minimum atomic E-state index is 0.749. The average molecular weight is 387 g/mol. The van der Waals surface area contributed by atoms with E-state index in [-0.39, 0.29) is 0 Å². The van der Waals surface area contributed by atoms with Crippen LogP contribution in [0.4, 0.5) is 0 Å². The fourth-order valence-electron chi connectivity index (χ4n) is 5.29. The van der Waals surface area contributed by atoms with Crippen molar-refractivity contribution < 1.29 is 0 Å². The summed E-state index contributed by atoms with van der Waals surface area (Å²) in [4.78, 5) is 0. The number of hydrogen-bond donors (Lipinski definition) is 4. The third kappa shape index (κ3) is 7.14. The zero-order chi connectivity index (χ0) is 19.6. The van der Waals surface area contributed by atoms with Gasteiger partial charge in [-0.1, -0.05) is 37.1 Å². The van der Waals surface area contributed by atoms with Gasteiger partial charge in [-0.05, 0) is 99.5 Å². The van der Waals surface area contributed by atoms with Gasteiger partial charge in [-0.25, -0.2) is 0 Å². The molecular weight excluding hydrogens is 344 g/mol. The van der Waals surface area contributed by atoms with Crippen LogP contribution in [0.1, 0.15) is 62.5 Å². The maximum Gasteiger partial charge on any atom is 0.0205 e. The number of benzene rings is 1. The van der Waals surface area contributed by atoms with Gasteiger partial charge in [-0.15, -0.1) is 0 Å². The number of nitrogens with two attached hydrogens (primary N) is 2. The first-order valence-corrected chi connectivity index (χ1v) is 11.7. The summed E-state index contributed by atoms with van der Waals surface area (Å²) >= 11 is 0. The van der Waals surface area contributed by atoms with Crippen LogP contribution in [-0.4, -0.2) is 26.2 Å². The highest BCUT2D eigenvalue weighted by Crippen LogP contribution is 2.28. The van der Waals surface area contributed by atoms with Gasteiger partial charge in [0.05, 0.1) is 0 Å². The van der Waals surface area contributed by atoms with Crippen LogP contribution in [0.2, 0.25) is 0 Å². The van der Waals surface area contributed by atoms with E-state index in [9.17, 15) is 0 Å². The van der Waals surface area contributed by atoms with E-state index in [4.69, 9.17) is 11.5 Å². The van der Waals surface area contributed by atoms with E-state index in [1.807, 2.05) is 0 Å². The van der Waals surface area contributed by atoms with Crippen molar-refractivity contribution >= 4 is 0 Å². The molecule has 0 amide bonds. The van der Waals surface area contributed by atoms with Crippen LogP contribution < -0.4 is 22.1 Å². The van der Waals surface area contributed by atoms with Gasteiger partial charge in [0.1, 0.15) is 0 Å². The molecule has 0 spiro atoms. The molecule has 0 saturated heterocycles. The summed E-state index contributed by atoms with van der Waals surface area (Å²) in [6.07, 6.45) is 10.7. The highest BCUT2D eigenvalue weighted by Gasteiger charge is 2.21. The normalized spacial score (nSPS) is 28.4. The van der Waals surface area contributed by atoms with Gasteiger partial charge in [0.25, 0.3) is 0 Å². The predicted molar refractivity (Wildman–Crippen MR) is 119 cm³/mol. The van der Waals surface area contributed by atoms with Crippen molar-refractivity contribution in [1.29, 1.82) is 0 Å². The van der Waals surface area contributed by atoms with Gasteiger partial charge < -0.3 is 22.1 Å². The lowest BCUT2D eigenvalue weighted by molar-refractivity contribution is 0.264. The molecule has 6 N–H and O–H groups in total. The molecule has 3 rings (SSSR count). The van der Waals surface area contributed by atoms with Gasteiger partial charge in [0.15, 0.2) is 0 Å². The Morgan fingerprint density at radius 3 is 1.64 bits per heavy atom. The molecule has 4 nitrogen and oxygen atoms in total. The highest BCUT2D eigenvalue weighted by molar-refractivity contribution is 5.23. The Kier molecular flexibility index (Phi) is 9.26. The first-order chi connectivity index (χ1) is 13.8. The molecule has 2 aliphatic rings. The van der Waals surface area contributed by atoms with Crippen LogP contribution in [-0.2, 0) is 13.1 Å². The molecule has 28 heavy (non-hydrogen) atoms. The Bertz CT molecular complexity index is 516. The second-order valence-electron chi connectivity index (χ2n) is 9.35. The van der Waals surface area contributed by atoms with E-state index in [0.717, 1.165) is 62.9 Å². The Balaban J connectivity index is 1.35. The van der Waals surface area contributed by atoms with Gasteiger partial charge >= 0.3 is 0 Å². The lowest BCUT2D eigenvalue weighted by Gasteiger charge is -2.28. The van der Waals surface area contributed by atoms with Crippen LogP contribution in [0, 0.1) is 23.7 Å². The molecule has 2 aliphatic carbocycles. The van der Waals surface area contributed by atoms with Crippen molar-refractivity contribution in [2.24, 2.45) is 35.1 Å². The molecule has 0 heterocycles. The largest absolute Gasteiger partial charge is 0.330 e. The second kappa shape index (κ2) is 11.9. The second-order valence-corrected chi connectivity index (χ2v) is 9.35. The molecule has 0 aromatic heterocycles. The number of nitrogens with one attached hydrogen (secondary N) is 2. The number of rotatable bonds is 10. The van der Waals surface area contributed by atoms with Crippen LogP contribution in [0.5, 0.6) is 0 Å². The molecule has 2 saturated carbocycles. The molecule has 1 aromatic carbocycles. The van der Waals surface area contributed by atoms with E-state index < -0.39 is 0 Å². The lowest BCUT2D eigenvalue weighted by Crippen LogP contribution is -2.30. The summed E-state index contributed by atoms with van der Waals surface area (Å²) in [6.45, 7) is 5.92. The lowest BCUT2D eigenvalue weighted by atomic mass is 9.81. The summed E-state index contributed by atoms with van der Waals surface area (Å²) < 4.78 is 0. The number of hydrogen-bond acceptors (Lipinski definition) is 4. The van der Waals surface area contributed by atoms with E-state index in [2.05, 4.69) is 34.9 Å². The van der Waals surface area contributed by atoms with Crippen LogP contribution >= 0.6 is 0 Å². The Morgan fingerprint density at radius 1 is 0.714 bits per heavy atom. The molecule has 4 heteroatoms. The minimum absolute atomic E-state index is 0.749. The zero-order valence-electron chi connectivity index (χ0n) is 17.7. The molecule has 158 valence electrons. The summed E-state index contributed by atoms with van der Waals surface area (Å²) in [5.74, 6) is 3.11. The third-order valence-electron chi connectivity index (χ3n) is 6.97. The Labute approximate surface area is 172 Å². The first-order valence-electron chi connectivity index (χ1n) is 11.7. The predicted octanol–water partition coefficient (Wildman–Crippen LogP) is 3.40. The van der Waals surface area contributed by atoms with Crippen molar-refractivity contribution in [2.45, 2.75) is 64.5 Å². The molecule has 2 fully saturated rings. The van der Waals surface area contributed by atoms with E-state index in [1.54, 1.807) is 0 Å². The molecule has 4 unspecified atom stereocenters. The van der Waals surface area contributed by atoms with Gasteiger partial charge in [0.2, 0.25) is 0 Å². The SMILES string of the molecule is NCC1CCCC(CNCc2cccc(CNCC3CCCC(CN)C3)c2)C1. The topological polar surface area (TPSA) is 76.1 Å². The molecular formula is C24H42N4. The summed E-state index contributed by atoms with van der Waals surface area (Å²) in [5.41, 5.74) is 14.5. The minimum Gasteiger partial charge on any atom is -0.330 e. The zero-order valence-corrected chi connectivity index (χ0v) is 17.7. The standard InChI is InChI=1S/C24H42N4/c25-13-19-4-1-6-21(10-19)15-27-17-23-8-3-9-24(12-23)18-28-16-22-7-2-5-20(11-22)14-26/h3,8-9,12,19-22,27-28H,1-2,4-7,10-11,13-18,25-26H2. The molecule has 0 radical (unpaired) electrons. The van der Waals surface area contributed by atoms with Crippen molar-refractivity contribution in [3.05, 3.63) is 35.4 Å². The van der Waals surface area contributed by atoms with Crippen molar-refractivity contribution in [3.63, 3.8) is 0 Å². The molecule has 0 aliphatic heterocycles. The Hall–Kier alpha value is -0.940. The van der Waals surface area contributed by atoms with Gasteiger partial charge in [-0.2, -0.15) is 0 Å². The smallest absolute Gasteiger partial charge is 0.0205 e. The van der Waals surface area contributed by atoms with Crippen molar-refractivity contribution in [2.75, 3.05) is 26.2 Å². The monoisotopic (exact) mass is 386 g/mol. The van der Waals surface area contributed by atoms with Crippen LogP contribution in [0.25, 0.3) is 0 Å². The van der Waals surface area contributed by atoms with Crippen LogP contribution in [0.15, 0.2) is 24.3 Å². The Morgan fingerprint density at radius 2 is 1.18 bits per heavy atom. The van der Waals surface area contributed by atoms with Crippen molar-refractivity contribution in [3.8, 4) is 0 Å². The highest BCUT2D eigenvalue weighted by atomic mass is 14.9. The molecule has 4 atom stereocenters. The van der Waals surface area contributed by atoms with Crippen LogP contribution in [0.3, 0.4) is 0 Å². The fraction of sp³-hybridized carbons (Fsp3) is 0.750. The molecule has 1 aromatic rings. The summed E-state index contributed by atoms with van der Waals surface area (Å²) in [7, 11) is 0. The van der Waals surface area contributed by atoms with E-state index in [1.165, 1.54) is 62.5 Å². The summed E-state index contributed by atoms with van der Waals surface area (Å²) in [5, 5.41) is 7.38. The average Bonchev–Trinajstić information content (AvgIpc) is 2.74. The van der Waals surface area contributed by atoms with Gasteiger partial charge in [0, 0.05) is 13.1 Å². The first kappa shape index (κ1) is 21.8. The maximum atomic E-state index is 5.87. The molecule has 0 bridgehead atoms.